The fourth-order valence-corrected chi connectivity index (χ4v) is 3.37. The first-order valence-corrected chi connectivity index (χ1v) is 9.61. The Morgan fingerprint density at radius 1 is 1.03 bits per heavy atom. The van der Waals surface area contributed by atoms with Crippen LogP contribution >= 0.6 is 0 Å². The number of ether oxygens (including phenoxy) is 4. The predicted molar refractivity (Wildman–Crippen MR) is 107 cm³/mol. The fraction of sp³-hybridized carbons (Fsp3) is 0.318. The third-order valence-electron chi connectivity index (χ3n) is 4.90. The van der Waals surface area contributed by atoms with Crippen LogP contribution in [0.15, 0.2) is 40.9 Å². The molecule has 0 saturated heterocycles. The van der Waals surface area contributed by atoms with Gasteiger partial charge in [-0.3, -0.25) is 0 Å². The van der Waals surface area contributed by atoms with E-state index < -0.39 is 5.97 Å². The smallest absolute Gasteiger partial charge is 0.344 e. The van der Waals surface area contributed by atoms with Gasteiger partial charge in [-0.2, -0.15) is 4.98 Å². The molecule has 4 rings (SSSR count). The van der Waals surface area contributed by atoms with Crippen molar-refractivity contribution in [1.82, 2.24) is 10.1 Å². The van der Waals surface area contributed by atoms with Crippen LogP contribution in [0.25, 0.3) is 11.4 Å². The molecule has 8 heteroatoms. The Balaban J connectivity index is 1.31. The van der Waals surface area contributed by atoms with Crippen LogP contribution in [0.5, 0.6) is 17.2 Å². The summed E-state index contributed by atoms with van der Waals surface area (Å²) in [6.07, 6.45) is 3.32. The Kier molecular flexibility index (Phi) is 5.83. The molecule has 0 spiro atoms. The van der Waals surface area contributed by atoms with Gasteiger partial charge in [-0.1, -0.05) is 11.2 Å². The average molecular weight is 410 g/mol. The molecule has 0 aliphatic heterocycles. The first-order chi connectivity index (χ1) is 14.7. The van der Waals surface area contributed by atoms with Gasteiger partial charge in [0.05, 0.1) is 19.8 Å². The predicted octanol–water partition coefficient (Wildman–Crippen LogP) is 3.36. The molecule has 0 N–H and O–H groups in total. The number of aryl methyl sites for hydroxylation is 2. The SMILES string of the molecule is COc1ccc(-c2noc(COC(=O)COc3ccc4c(c3)CCC4)n2)c(OC)c1. The van der Waals surface area contributed by atoms with Gasteiger partial charge in [-0.25, -0.2) is 4.79 Å². The molecule has 0 unspecified atom stereocenters. The number of nitrogens with zero attached hydrogens (tertiary/aromatic N) is 2. The first kappa shape index (κ1) is 19.8. The number of hydrogen-bond donors (Lipinski definition) is 0. The van der Waals surface area contributed by atoms with Gasteiger partial charge in [0.25, 0.3) is 5.89 Å². The number of esters is 1. The van der Waals surface area contributed by atoms with E-state index in [1.807, 2.05) is 12.1 Å². The van der Waals surface area contributed by atoms with Crippen molar-refractivity contribution in [2.45, 2.75) is 25.9 Å². The first-order valence-electron chi connectivity index (χ1n) is 9.61. The molecule has 1 heterocycles. The minimum atomic E-state index is -0.516. The summed E-state index contributed by atoms with van der Waals surface area (Å²) in [5.41, 5.74) is 3.28. The van der Waals surface area contributed by atoms with Crippen molar-refractivity contribution in [3.8, 4) is 28.6 Å². The lowest BCUT2D eigenvalue weighted by Crippen LogP contribution is -2.15. The molecule has 0 bridgehead atoms. The maximum Gasteiger partial charge on any atom is 0.344 e. The molecule has 30 heavy (non-hydrogen) atoms. The second-order valence-electron chi connectivity index (χ2n) is 6.81. The minimum Gasteiger partial charge on any atom is -0.497 e. The highest BCUT2D eigenvalue weighted by atomic mass is 16.6. The van der Waals surface area contributed by atoms with E-state index in [1.165, 1.54) is 11.1 Å². The van der Waals surface area contributed by atoms with E-state index >= 15 is 0 Å². The van der Waals surface area contributed by atoms with E-state index in [-0.39, 0.29) is 19.1 Å². The zero-order valence-corrected chi connectivity index (χ0v) is 16.8. The molecule has 156 valence electrons. The molecule has 1 aliphatic carbocycles. The number of aromatic nitrogens is 2. The Morgan fingerprint density at radius 3 is 2.70 bits per heavy atom. The van der Waals surface area contributed by atoms with E-state index in [0.717, 1.165) is 19.3 Å². The normalized spacial score (nSPS) is 12.3. The van der Waals surface area contributed by atoms with Crippen LogP contribution in [0.2, 0.25) is 0 Å². The Morgan fingerprint density at radius 2 is 1.87 bits per heavy atom. The standard InChI is InChI=1S/C22H22N2O6/c1-26-16-8-9-18(19(11-16)27-2)22-23-20(30-24-22)12-29-21(25)13-28-17-7-6-14-4-3-5-15(14)10-17/h6-11H,3-5,12-13H2,1-2H3. The monoisotopic (exact) mass is 410 g/mol. The summed E-state index contributed by atoms with van der Waals surface area (Å²) in [6, 6.07) is 11.2. The van der Waals surface area contributed by atoms with Crippen molar-refractivity contribution in [3.63, 3.8) is 0 Å². The Hall–Kier alpha value is -3.55. The summed E-state index contributed by atoms with van der Waals surface area (Å²) in [6.45, 7) is -0.329. The molecular formula is C22H22N2O6. The van der Waals surface area contributed by atoms with Crippen LogP contribution in [0.4, 0.5) is 0 Å². The number of methoxy groups -OCH3 is 2. The van der Waals surface area contributed by atoms with Crippen LogP contribution in [0.1, 0.15) is 23.4 Å². The zero-order valence-electron chi connectivity index (χ0n) is 16.8. The fourth-order valence-electron chi connectivity index (χ4n) is 3.37. The summed E-state index contributed by atoms with van der Waals surface area (Å²) >= 11 is 0. The maximum absolute atomic E-state index is 12.0. The molecule has 0 amide bonds. The molecule has 0 saturated carbocycles. The van der Waals surface area contributed by atoms with E-state index in [2.05, 4.69) is 16.2 Å². The summed E-state index contributed by atoms with van der Waals surface area (Å²) < 4.78 is 26.4. The number of fused-ring (bicyclic) bond motifs is 1. The minimum absolute atomic E-state index is 0.141. The highest BCUT2D eigenvalue weighted by Crippen LogP contribution is 2.31. The Labute approximate surface area is 173 Å². The van der Waals surface area contributed by atoms with Crippen molar-refractivity contribution in [3.05, 3.63) is 53.4 Å². The third kappa shape index (κ3) is 4.37. The summed E-state index contributed by atoms with van der Waals surface area (Å²) in [5.74, 6) is 1.85. The van der Waals surface area contributed by atoms with Gasteiger partial charge in [0, 0.05) is 6.07 Å². The van der Waals surface area contributed by atoms with Crippen molar-refractivity contribution < 1.29 is 28.3 Å². The number of rotatable bonds is 8. The van der Waals surface area contributed by atoms with Gasteiger partial charge >= 0.3 is 5.97 Å². The third-order valence-corrected chi connectivity index (χ3v) is 4.90. The lowest BCUT2D eigenvalue weighted by Gasteiger charge is -2.07. The van der Waals surface area contributed by atoms with Gasteiger partial charge in [0.1, 0.15) is 17.2 Å². The number of carbonyl (C=O) groups excluding carboxylic acids is 1. The molecule has 0 atom stereocenters. The highest BCUT2D eigenvalue weighted by molar-refractivity contribution is 5.71. The van der Waals surface area contributed by atoms with Crippen LogP contribution in [0.3, 0.4) is 0 Å². The van der Waals surface area contributed by atoms with E-state index in [1.54, 1.807) is 32.4 Å². The van der Waals surface area contributed by atoms with Gasteiger partial charge < -0.3 is 23.5 Å². The molecule has 3 aromatic rings. The van der Waals surface area contributed by atoms with Gasteiger partial charge in [0.2, 0.25) is 5.82 Å². The molecule has 1 aliphatic rings. The highest BCUT2D eigenvalue weighted by Gasteiger charge is 2.16. The van der Waals surface area contributed by atoms with Crippen LogP contribution < -0.4 is 14.2 Å². The maximum atomic E-state index is 12.0. The lowest BCUT2D eigenvalue weighted by atomic mass is 10.1. The molecule has 0 radical (unpaired) electrons. The van der Waals surface area contributed by atoms with Crippen molar-refractivity contribution in [2.75, 3.05) is 20.8 Å². The van der Waals surface area contributed by atoms with Crippen LogP contribution in [-0.4, -0.2) is 36.9 Å². The van der Waals surface area contributed by atoms with Crippen molar-refractivity contribution >= 4 is 5.97 Å². The summed E-state index contributed by atoms with van der Waals surface area (Å²) in [4.78, 5) is 16.3. The second kappa shape index (κ2) is 8.86. The van der Waals surface area contributed by atoms with Gasteiger partial charge in [-0.05, 0) is 54.7 Å². The average Bonchev–Trinajstić information content (AvgIpc) is 3.44. The number of carbonyl (C=O) groups is 1. The summed E-state index contributed by atoms with van der Waals surface area (Å²) in [7, 11) is 3.12. The second-order valence-corrected chi connectivity index (χ2v) is 6.81. The van der Waals surface area contributed by atoms with Crippen molar-refractivity contribution in [2.24, 2.45) is 0 Å². The molecule has 0 fully saturated rings. The molecule has 2 aromatic carbocycles. The topological polar surface area (TPSA) is 92.9 Å². The number of benzene rings is 2. The molecular weight excluding hydrogens is 388 g/mol. The van der Waals surface area contributed by atoms with E-state index in [0.29, 0.717) is 28.6 Å². The summed E-state index contributed by atoms with van der Waals surface area (Å²) in [5, 5.41) is 3.93. The van der Waals surface area contributed by atoms with E-state index in [4.69, 9.17) is 23.5 Å². The van der Waals surface area contributed by atoms with Gasteiger partial charge in [0.15, 0.2) is 13.2 Å². The van der Waals surface area contributed by atoms with Crippen LogP contribution in [0, 0.1) is 0 Å². The van der Waals surface area contributed by atoms with Crippen LogP contribution in [-0.2, 0) is 29.0 Å². The van der Waals surface area contributed by atoms with Gasteiger partial charge in [-0.15, -0.1) is 0 Å². The zero-order chi connectivity index (χ0) is 20.9. The number of hydrogen-bond acceptors (Lipinski definition) is 8. The molecule has 1 aromatic heterocycles. The largest absolute Gasteiger partial charge is 0.497 e. The quantitative estimate of drug-likeness (QED) is 0.522. The van der Waals surface area contributed by atoms with E-state index in [9.17, 15) is 4.79 Å². The molecule has 8 nitrogen and oxygen atoms in total. The lowest BCUT2D eigenvalue weighted by molar-refractivity contribution is -0.148. The van der Waals surface area contributed by atoms with Crippen molar-refractivity contribution in [1.29, 1.82) is 0 Å². The Bertz CT molecular complexity index is 1050.